The van der Waals surface area contributed by atoms with E-state index in [-0.39, 0.29) is 32.0 Å². The van der Waals surface area contributed by atoms with Gasteiger partial charge in [-0.25, -0.2) is 4.57 Å². The van der Waals surface area contributed by atoms with E-state index in [0.29, 0.717) is 23.9 Å². The van der Waals surface area contributed by atoms with E-state index >= 15 is 0 Å². The summed E-state index contributed by atoms with van der Waals surface area (Å²) in [5.74, 6) is -0.862. The number of unbranched alkanes of at least 4 members (excludes halogenated alkanes) is 26. The van der Waals surface area contributed by atoms with Gasteiger partial charge in [0.25, 0.3) is 0 Å². The van der Waals surface area contributed by atoms with Crippen molar-refractivity contribution in [2.75, 3.05) is 47.5 Å². The van der Waals surface area contributed by atoms with Crippen LogP contribution in [0.1, 0.15) is 245 Å². The van der Waals surface area contributed by atoms with Crippen LogP contribution in [0.2, 0.25) is 0 Å². The third kappa shape index (κ3) is 54.8. The van der Waals surface area contributed by atoms with Crippen molar-refractivity contribution in [2.45, 2.75) is 251 Å². The average Bonchev–Trinajstić information content (AvgIpc) is 3.32. The maximum atomic E-state index is 12.7. The van der Waals surface area contributed by atoms with Gasteiger partial charge in [0.15, 0.2) is 6.10 Å². The van der Waals surface area contributed by atoms with Gasteiger partial charge in [0.05, 0.1) is 27.7 Å². The lowest BCUT2D eigenvalue weighted by molar-refractivity contribution is -0.870. The molecule has 0 bridgehead atoms. The second-order valence-corrected chi connectivity index (χ2v) is 21.7. The topological polar surface area (TPSA) is 108 Å². The van der Waals surface area contributed by atoms with Crippen LogP contribution in [0.3, 0.4) is 0 Å². The van der Waals surface area contributed by atoms with E-state index in [9.17, 15) is 19.0 Å². The molecular weight excluding hydrogens is 894 g/mol. The van der Waals surface area contributed by atoms with Crippen molar-refractivity contribution in [3.8, 4) is 0 Å². The van der Waals surface area contributed by atoms with Gasteiger partial charge in [-0.05, 0) is 77.0 Å². The molecule has 0 amide bonds. The van der Waals surface area contributed by atoms with E-state index < -0.39 is 26.5 Å². The molecule has 0 aromatic rings. The van der Waals surface area contributed by atoms with Crippen molar-refractivity contribution >= 4 is 19.8 Å². The summed E-state index contributed by atoms with van der Waals surface area (Å²) in [4.78, 5) is 35.6. The molecule has 2 unspecified atom stereocenters. The van der Waals surface area contributed by atoms with Crippen molar-refractivity contribution in [3.63, 3.8) is 0 Å². The monoisotopic (exact) mass is 1000 g/mol. The van der Waals surface area contributed by atoms with Crippen LogP contribution in [0.5, 0.6) is 0 Å². The Kier molecular flexibility index (Phi) is 49.5. The molecule has 2 atom stereocenters. The first kappa shape index (κ1) is 67.5. The van der Waals surface area contributed by atoms with Gasteiger partial charge in [-0.3, -0.25) is 18.6 Å². The number of carbonyl (C=O) groups is 2. The number of ether oxygens (including phenoxy) is 2. The van der Waals surface area contributed by atoms with Gasteiger partial charge in [0.1, 0.15) is 19.8 Å². The molecule has 0 saturated carbocycles. The molecule has 0 spiro atoms. The summed E-state index contributed by atoms with van der Waals surface area (Å²) >= 11 is 0. The van der Waals surface area contributed by atoms with Crippen molar-refractivity contribution in [1.82, 2.24) is 0 Å². The number of allylic oxidation sites excluding steroid dienone is 12. The fourth-order valence-corrected chi connectivity index (χ4v) is 8.55. The molecule has 0 fully saturated rings. The van der Waals surface area contributed by atoms with Crippen LogP contribution in [-0.2, 0) is 32.7 Å². The van der Waals surface area contributed by atoms with Crippen molar-refractivity contribution < 1.29 is 42.1 Å². The molecule has 9 nitrogen and oxygen atoms in total. The Morgan fingerprint density at radius 1 is 0.457 bits per heavy atom. The molecule has 0 aliphatic carbocycles. The zero-order chi connectivity index (χ0) is 51.3. The number of esters is 2. The van der Waals surface area contributed by atoms with Gasteiger partial charge in [0.2, 0.25) is 0 Å². The lowest BCUT2D eigenvalue weighted by atomic mass is 10.0. The summed E-state index contributed by atoms with van der Waals surface area (Å²) in [5, 5.41) is 0. The number of hydrogen-bond acceptors (Lipinski definition) is 7. The molecule has 0 rings (SSSR count). The van der Waals surface area contributed by atoms with E-state index in [1.807, 2.05) is 27.2 Å². The highest BCUT2D eigenvalue weighted by atomic mass is 31.2. The quantitative estimate of drug-likeness (QED) is 0.0211. The number of quaternary nitrogens is 1. The Labute approximate surface area is 431 Å². The minimum absolute atomic E-state index is 0.0189. The van der Waals surface area contributed by atoms with Crippen LogP contribution in [0.15, 0.2) is 72.9 Å². The molecule has 0 aromatic carbocycles. The van der Waals surface area contributed by atoms with Crippen LogP contribution >= 0.6 is 7.82 Å². The van der Waals surface area contributed by atoms with E-state index in [2.05, 4.69) is 80.7 Å². The lowest BCUT2D eigenvalue weighted by Crippen LogP contribution is -2.37. The molecule has 70 heavy (non-hydrogen) atoms. The van der Waals surface area contributed by atoms with Crippen molar-refractivity contribution in [2.24, 2.45) is 0 Å². The summed E-state index contributed by atoms with van der Waals surface area (Å²) in [6, 6.07) is 0. The molecule has 0 radical (unpaired) electrons. The highest BCUT2D eigenvalue weighted by Crippen LogP contribution is 2.43. The van der Waals surface area contributed by atoms with Gasteiger partial charge < -0.3 is 18.9 Å². The van der Waals surface area contributed by atoms with E-state index in [0.717, 1.165) is 51.4 Å². The second kappa shape index (κ2) is 51.4. The van der Waals surface area contributed by atoms with Crippen molar-refractivity contribution in [3.05, 3.63) is 72.9 Å². The van der Waals surface area contributed by atoms with E-state index in [4.69, 9.17) is 18.5 Å². The molecule has 0 aliphatic rings. The third-order valence-corrected chi connectivity index (χ3v) is 13.2. The van der Waals surface area contributed by atoms with Gasteiger partial charge in [-0.2, -0.15) is 0 Å². The summed E-state index contributed by atoms with van der Waals surface area (Å²) < 4.78 is 34.4. The fourth-order valence-electron chi connectivity index (χ4n) is 7.81. The Morgan fingerprint density at radius 2 is 0.829 bits per heavy atom. The van der Waals surface area contributed by atoms with Crippen LogP contribution in [0.25, 0.3) is 0 Å². The highest BCUT2D eigenvalue weighted by molar-refractivity contribution is 7.47. The normalized spacial score (nSPS) is 13.9. The van der Waals surface area contributed by atoms with Crippen LogP contribution in [0.4, 0.5) is 0 Å². The zero-order valence-electron chi connectivity index (χ0n) is 46.0. The predicted molar refractivity (Wildman–Crippen MR) is 298 cm³/mol. The molecule has 406 valence electrons. The van der Waals surface area contributed by atoms with Gasteiger partial charge in [0, 0.05) is 12.8 Å². The smallest absolute Gasteiger partial charge is 0.462 e. The first-order valence-electron chi connectivity index (χ1n) is 28.7. The van der Waals surface area contributed by atoms with Crippen LogP contribution < -0.4 is 0 Å². The summed E-state index contributed by atoms with van der Waals surface area (Å²) in [7, 11) is 1.44. The van der Waals surface area contributed by atoms with E-state index in [1.54, 1.807) is 0 Å². The molecule has 1 N–H and O–H groups in total. The van der Waals surface area contributed by atoms with Gasteiger partial charge in [-0.15, -0.1) is 0 Å². The number of rotatable bonds is 52. The maximum Gasteiger partial charge on any atom is 0.472 e. The molecule has 0 aromatic heterocycles. The number of carbonyl (C=O) groups excluding carboxylic acids is 2. The first-order chi connectivity index (χ1) is 34.0. The SMILES string of the molecule is CC/C=C\C/C=C\C/C=C\C/C=C\C/C=C\CCCC(=O)OC(COC(=O)CCCCCCCCCCCCCCCCCCC/C=C\CCCCCCCCCC)COP(=O)(O)OCC[N+](C)(C)C. The average molecular weight is 1000 g/mol. The van der Waals surface area contributed by atoms with Gasteiger partial charge >= 0.3 is 19.8 Å². The molecule has 10 heteroatoms. The van der Waals surface area contributed by atoms with Crippen LogP contribution in [-0.4, -0.2) is 74.9 Å². The molecule has 0 heterocycles. The molecular formula is C60H109NO8P+. The Morgan fingerprint density at radius 3 is 1.27 bits per heavy atom. The lowest BCUT2D eigenvalue weighted by Gasteiger charge is -2.24. The largest absolute Gasteiger partial charge is 0.472 e. The Bertz CT molecular complexity index is 1410. The Balaban J connectivity index is 4.14. The van der Waals surface area contributed by atoms with Crippen LogP contribution in [0, 0.1) is 0 Å². The first-order valence-corrected chi connectivity index (χ1v) is 30.2. The van der Waals surface area contributed by atoms with Crippen molar-refractivity contribution in [1.29, 1.82) is 0 Å². The van der Waals surface area contributed by atoms with Gasteiger partial charge in [-0.1, -0.05) is 228 Å². The minimum Gasteiger partial charge on any atom is -0.462 e. The Hall–Kier alpha value is -2.55. The number of hydrogen-bond donors (Lipinski definition) is 1. The molecule has 0 aliphatic heterocycles. The summed E-state index contributed by atoms with van der Waals surface area (Å²) in [6.07, 6.45) is 67.1. The highest BCUT2D eigenvalue weighted by Gasteiger charge is 2.27. The second-order valence-electron chi connectivity index (χ2n) is 20.3. The summed E-state index contributed by atoms with van der Waals surface area (Å²) in [5.41, 5.74) is 0. The number of phosphoric ester groups is 1. The third-order valence-electron chi connectivity index (χ3n) is 12.2. The number of phosphoric acid groups is 1. The predicted octanol–water partition coefficient (Wildman–Crippen LogP) is 17.7. The summed E-state index contributed by atoms with van der Waals surface area (Å²) in [6.45, 7) is 4.26. The maximum absolute atomic E-state index is 12.7. The van der Waals surface area contributed by atoms with E-state index in [1.165, 1.54) is 154 Å². The number of nitrogens with zero attached hydrogens (tertiary/aromatic N) is 1. The number of likely N-dealkylation sites (N-methyl/N-ethyl adjacent to an activating group) is 1. The minimum atomic E-state index is -4.40. The molecule has 0 saturated heterocycles. The zero-order valence-corrected chi connectivity index (χ0v) is 46.9. The standard InChI is InChI=1S/C60H108NO8P/c1-6-8-10-12-14-16-18-20-22-24-25-26-27-28-29-30-31-32-33-34-35-37-38-40-42-44-46-48-50-52-59(62)66-56-58(57-68-70(64,65)67-55-54-61(3,4)5)69-60(63)53-51-49-47-45-43-41-39-36-23-21-19-17-15-13-11-9-7-2/h9,11,15,17,21,23-25,39,41,45,47,58H,6-8,10,12-14,16,18-20,22,26-38,40,42-44,46,48-57H2,1-5H3/p+1/b11-9-,17-15-,23-21-,25-24-,41-39-,47-45-. The fraction of sp³-hybridized carbons (Fsp3) is 0.767.